The van der Waals surface area contributed by atoms with Crippen LogP contribution in [-0.4, -0.2) is 28.3 Å². The molecule has 1 aliphatic rings. The summed E-state index contributed by atoms with van der Waals surface area (Å²) in [4.78, 5) is 0. The topological polar surface area (TPSA) is 52.6 Å². The molecule has 0 fully saturated rings. The molecule has 1 aliphatic carbocycles. The van der Waals surface area contributed by atoms with Gasteiger partial charge in [-0.15, -0.1) is 0 Å². The molecule has 0 amide bonds. The van der Waals surface area contributed by atoms with Crippen molar-refractivity contribution in [1.82, 2.24) is 0 Å². The zero-order valence-electron chi connectivity index (χ0n) is 14.5. The predicted octanol–water partition coefficient (Wildman–Crippen LogP) is 4.56. The van der Waals surface area contributed by atoms with Crippen molar-refractivity contribution in [3.63, 3.8) is 0 Å². The van der Waals surface area contributed by atoms with Gasteiger partial charge in [-0.1, -0.05) is 34.6 Å². The van der Waals surface area contributed by atoms with Crippen LogP contribution in [0.1, 0.15) is 41.0 Å². The Morgan fingerprint density at radius 1 is 1.22 bits per heavy atom. The Hall–Kier alpha value is -0.543. The minimum atomic E-state index is -5.66. The monoisotopic (exact) mass is 374 g/mol. The van der Waals surface area contributed by atoms with Gasteiger partial charge in [-0.2, -0.15) is 21.6 Å². The molecule has 0 saturated heterocycles. The highest BCUT2D eigenvalue weighted by Gasteiger charge is 2.53. The van der Waals surface area contributed by atoms with Gasteiger partial charge in [-0.25, -0.2) is 0 Å². The predicted molar refractivity (Wildman–Crippen MR) is 84.6 cm³/mol. The van der Waals surface area contributed by atoms with E-state index in [0.717, 1.165) is 0 Å². The van der Waals surface area contributed by atoms with Gasteiger partial charge in [0.1, 0.15) is 5.76 Å². The van der Waals surface area contributed by atoms with Crippen LogP contribution in [0.3, 0.4) is 0 Å². The quantitative estimate of drug-likeness (QED) is 0.411. The molecular weight excluding hydrogens is 349 g/mol. The minimum Gasteiger partial charge on any atom is -0.413 e. The van der Waals surface area contributed by atoms with Crippen molar-refractivity contribution in [2.24, 2.45) is 5.41 Å². The van der Waals surface area contributed by atoms with Crippen LogP contribution >= 0.6 is 0 Å². The summed E-state index contributed by atoms with van der Waals surface area (Å²) < 4.78 is 70.5. The van der Waals surface area contributed by atoms with Crippen LogP contribution in [0.4, 0.5) is 13.2 Å². The van der Waals surface area contributed by atoms with Crippen molar-refractivity contribution < 1.29 is 30.2 Å². The summed E-state index contributed by atoms with van der Waals surface area (Å²) in [5.74, 6) is -0.210. The Kier molecular flexibility index (Phi) is 5.14. The minimum absolute atomic E-state index is 0.0647. The van der Waals surface area contributed by atoms with Gasteiger partial charge in [0.25, 0.3) is 0 Å². The van der Waals surface area contributed by atoms with Gasteiger partial charge in [0.2, 0.25) is 0 Å². The van der Waals surface area contributed by atoms with Crippen molar-refractivity contribution in [3.8, 4) is 0 Å². The molecule has 0 N–H and O–H groups in total. The molecule has 0 heterocycles. The van der Waals surface area contributed by atoms with E-state index in [9.17, 15) is 21.6 Å². The van der Waals surface area contributed by atoms with Crippen LogP contribution in [0.5, 0.6) is 0 Å². The van der Waals surface area contributed by atoms with Crippen LogP contribution < -0.4 is 0 Å². The van der Waals surface area contributed by atoms with Crippen molar-refractivity contribution in [1.29, 1.82) is 0 Å². The zero-order valence-corrected chi connectivity index (χ0v) is 16.4. The van der Waals surface area contributed by atoms with E-state index in [1.165, 1.54) is 6.08 Å². The van der Waals surface area contributed by atoms with Crippen LogP contribution in [0, 0.1) is 5.41 Å². The van der Waals surface area contributed by atoms with E-state index >= 15 is 0 Å². The number of rotatable bonds is 4. The summed E-state index contributed by atoms with van der Waals surface area (Å²) in [5, 5.41) is -0.0647. The maximum Gasteiger partial charge on any atom is 0.534 e. The zero-order chi connectivity index (χ0) is 18.5. The molecule has 0 aromatic heterocycles. The van der Waals surface area contributed by atoms with Crippen LogP contribution in [-0.2, 0) is 18.7 Å². The average molecular weight is 374 g/mol. The lowest BCUT2D eigenvalue weighted by molar-refractivity contribution is -0.0537. The Bertz CT molecular complexity index is 586. The summed E-state index contributed by atoms with van der Waals surface area (Å²) >= 11 is 0. The Morgan fingerprint density at radius 3 is 2.09 bits per heavy atom. The van der Waals surface area contributed by atoms with Gasteiger partial charge in [-0.3, -0.25) is 0 Å². The molecule has 136 valence electrons. The second-order valence-corrected chi connectivity index (χ2v) is 14.2. The Morgan fingerprint density at radius 2 is 1.70 bits per heavy atom. The summed E-state index contributed by atoms with van der Waals surface area (Å²) in [6, 6.07) is 0. The van der Waals surface area contributed by atoms with Gasteiger partial charge >= 0.3 is 15.6 Å². The summed E-state index contributed by atoms with van der Waals surface area (Å²) in [6.07, 6.45) is 1.28. The average Bonchev–Trinajstić information content (AvgIpc) is 2.52. The molecule has 0 spiro atoms. The lowest BCUT2D eigenvalue weighted by Crippen LogP contribution is -2.47. The van der Waals surface area contributed by atoms with Crippen molar-refractivity contribution in [3.05, 3.63) is 11.8 Å². The Balaban J connectivity index is 2.97. The molecule has 0 aliphatic heterocycles. The maximum absolute atomic E-state index is 12.5. The molecule has 0 saturated carbocycles. The van der Waals surface area contributed by atoms with Crippen molar-refractivity contribution in [2.45, 2.75) is 70.8 Å². The fraction of sp³-hybridized carbons (Fsp3) is 0.857. The largest absolute Gasteiger partial charge is 0.534 e. The summed E-state index contributed by atoms with van der Waals surface area (Å²) in [5.41, 5.74) is -6.39. The second kappa shape index (κ2) is 5.77. The third-order valence-electron chi connectivity index (χ3n) is 4.68. The first kappa shape index (κ1) is 20.5. The SMILES string of the molecule is CC1(C)C(OS(=O)(=O)C(F)(F)F)=CC[C@@H]1O[Si](C)(C)C(C)(C)C. The standard InChI is InChI=1S/C14H25F3O4SSi/c1-12(2,3)23(6,7)21-11-9-8-10(13(11,4)5)20-22(18,19)14(15,16)17/h8,11H,9H2,1-7H3/t11-/m0/s1. The molecule has 0 bridgehead atoms. The molecule has 0 aromatic carbocycles. The van der Waals surface area contributed by atoms with Crippen LogP contribution in [0.25, 0.3) is 0 Å². The number of hydrogen-bond donors (Lipinski definition) is 0. The molecule has 1 atom stereocenters. The highest BCUT2D eigenvalue weighted by molar-refractivity contribution is 7.87. The highest BCUT2D eigenvalue weighted by atomic mass is 32.2. The molecule has 1 rings (SSSR count). The van der Waals surface area contributed by atoms with E-state index in [1.807, 2.05) is 13.1 Å². The van der Waals surface area contributed by atoms with E-state index in [2.05, 4.69) is 25.0 Å². The normalized spacial score (nSPS) is 22.9. The van der Waals surface area contributed by atoms with Crippen molar-refractivity contribution >= 4 is 18.4 Å². The molecule has 0 unspecified atom stereocenters. The van der Waals surface area contributed by atoms with Gasteiger partial charge < -0.3 is 8.61 Å². The molecule has 23 heavy (non-hydrogen) atoms. The summed E-state index contributed by atoms with van der Waals surface area (Å²) in [6.45, 7) is 13.5. The summed E-state index contributed by atoms with van der Waals surface area (Å²) in [7, 11) is -7.80. The van der Waals surface area contributed by atoms with E-state index in [1.54, 1.807) is 13.8 Å². The Labute approximate surface area is 137 Å². The first-order chi connectivity index (χ1) is 9.92. The molecule has 0 radical (unpaired) electrons. The maximum atomic E-state index is 12.5. The molecule has 0 aromatic rings. The fourth-order valence-electron chi connectivity index (χ4n) is 1.97. The highest BCUT2D eigenvalue weighted by Crippen LogP contribution is 2.47. The lowest BCUT2D eigenvalue weighted by atomic mass is 9.89. The van der Waals surface area contributed by atoms with E-state index < -0.39 is 35.5 Å². The van der Waals surface area contributed by atoms with E-state index in [0.29, 0.717) is 6.42 Å². The second-order valence-electron chi connectivity index (χ2n) is 7.88. The smallest absolute Gasteiger partial charge is 0.413 e. The third-order valence-corrected chi connectivity index (χ3v) is 10.1. The van der Waals surface area contributed by atoms with Crippen molar-refractivity contribution in [2.75, 3.05) is 0 Å². The van der Waals surface area contributed by atoms with Crippen LogP contribution in [0.15, 0.2) is 11.8 Å². The van der Waals surface area contributed by atoms with Gasteiger partial charge in [0.05, 0.1) is 6.10 Å². The molecule has 9 heteroatoms. The van der Waals surface area contributed by atoms with Crippen LogP contribution in [0.2, 0.25) is 18.1 Å². The number of halogens is 3. The first-order valence-electron chi connectivity index (χ1n) is 7.31. The number of alkyl halides is 3. The molecular formula is C14H25F3O4SSi. The fourth-order valence-corrected chi connectivity index (χ4v) is 4.03. The van der Waals surface area contributed by atoms with Gasteiger partial charge in [0.15, 0.2) is 8.32 Å². The first-order valence-corrected chi connectivity index (χ1v) is 11.6. The lowest BCUT2D eigenvalue weighted by Gasteiger charge is -2.42. The van der Waals surface area contributed by atoms with E-state index in [-0.39, 0.29) is 10.8 Å². The molecule has 4 nitrogen and oxygen atoms in total. The third kappa shape index (κ3) is 4.11. The van der Waals surface area contributed by atoms with Gasteiger partial charge in [0, 0.05) is 5.41 Å². The van der Waals surface area contributed by atoms with E-state index in [4.69, 9.17) is 4.43 Å². The van der Waals surface area contributed by atoms with Gasteiger partial charge in [-0.05, 0) is 30.6 Å². The number of hydrogen-bond acceptors (Lipinski definition) is 4.